The van der Waals surface area contributed by atoms with Gasteiger partial charge in [-0.05, 0) is 55.3 Å². The van der Waals surface area contributed by atoms with Crippen molar-refractivity contribution in [2.24, 2.45) is 0 Å². The third-order valence-corrected chi connectivity index (χ3v) is 3.66. The van der Waals surface area contributed by atoms with Gasteiger partial charge in [-0.15, -0.1) is 0 Å². The topological polar surface area (TPSA) is 48.9 Å². The minimum atomic E-state index is 0.274. The molecule has 3 nitrogen and oxygen atoms in total. The van der Waals surface area contributed by atoms with Gasteiger partial charge in [0.2, 0.25) is 0 Å². The average Bonchev–Trinajstić information content (AvgIpc) is 2.72. The van der Waals surface area contributed by atoms with E-state index in [9.17, 15) is 5.11 Å². The van der Waals surface area contributed by atoms with Crippen molar-refractivity contribution < 1.29 is 5.11 Å². The van der Waals surface area contributed by atoms with Crippen molar-refractivity contribution in [2.45, 2.75) is 13.8 Å². The standard InChI is InChI=1S/C15H13BrN2O/c1-8-6-11(19)3-4-12(8)15-17-13-7-10(16)5-9(2)14(13)18-15/h3-7,19H,1-2H3,(H,17,18). The molecule has 96 valence electrons. The van der Waals surface area contributed by atoms with Crippen molar-refractivity contribution in [3.63, 3.8) is 0 Å². The van der Waals surface area contributed by atoms with Gasteiger partial charge in [-0.1, -0.05) is 15.9 Å². The first-order valence-electron chi connectivity index (χ1n) is 6.00. The van der Waals surface area contributed by atoms with Crippen LogP contribution in [0.15, 0.2) is 34.8 Å². The number of benzene rings is 2. The Morgan fingerprint density at radius 2 is 1.89 bits per heavy atom. The summed E-state index contributed by atoms with van der Waals surface area (Å²) in [5.74, 6) is 1.10. The zero-order valence-electron chi connectivity index (χ0n) is 10.7. The average molecular weight is 317 g/mol. The number of hydrogen-bond donors (Lipinski definition) is 2. The summed E-state index contributed by atoms with van der Waals surface area (Å²) in [5.41, 5.74) is 5.11. The molecule has 0 atom stereocenters. The molecule has 1 heterocycles. The van der Waals surface area contributed by atoms with Gasteiger partial charge in [-0.25, -0.2) is 4.98 Å². The first-order valence-corrected chi connectivity index (χ1v) is 6.80. The highest BCUT2D eigenvalue weighted by atomic mass is 79.9. The van der Waals surface area contributed by atoms with Crippen molar-refractivity contribution in [2.75, 3.05) is 0 Å². The molecule has 0 bridgehead atoms. The number of fused-ring (bicyclic) bond motifs is 1. The van der Waals surface area contributed by atoms with Crippen LogP contribution >= 0.6 is 15.9 Å². The van der Waals surface area contributed by atoms with Crippen LogP contribution in [0.5, 0.6) is 5.75 Å². The van der Waals surface area contributed by atoms with E-state index >= 15 is 0 Å². The van der Waals surface area contributed by atoms with Gasteiger partial charge in [-0.2, -0.15) is 0 Å². The lowest BCUT2D eigenvalue weighted by molar-refractivity contribution is 0.475. The normalized spacial score (nSPS) is 11.1. The molecule has 0 aliphatic heterocycles. The molecule has 0 saturated carbocycles. The van der Waals surface area contributed by atoms with Gasteiger partial charge in [0.05, 0.1) is 11.0 Å². The highest BCUT2D eigenvalue weighted by Crippen LogP contribution is 2.28. The monoisotopic (exact) mass is 316 g/mol. The van der Waals surface area contributed by atoms with Crippen molar-refractivity contribution >= 4 is 27.0 Å². The van der Waals surface area contributed by atoms with Crippen LogP contribution in [-0.4, -0.2) is 15.1 Å². The number of aromatic hydroxyl groups is 1. The van der Waals surface area contributed by atoms with Crippen LogP contribution in [0.3, 0.4) is 0 Å². The Morgan fingerprint density at radius 1 is 1.11 bits per heavy atom. The maximum atomic E-state index is 9.47. The first-order chi connectivity index (χ1) is 9.04. The molecule has 0 aliphatic rings. The number of phenolic OH excluding ortho intramolecular Hbond substituents is 1. The first kappa shape index (κ1) is 12.2. The van der Waals surface area contributed by atoms with Crippen LogP contribution in [0.1, 0.15) is 11.1 Å². The number of halogens is 1. The lowest BCUT2D eigenvalue weighted by atomic mass is 10.1. The molecule has 3 rings (SSSR count). The Labute approximate surface area is 119 Å². The largest absolute Gasteiger partial charge is 0.508 e. The summed E-state index contributed by atoms with van der Waals surface area (Å²) >= 11 is 3.49. The van der Waals surface area contributed by atoms with E-state index < -0.39 is 0 Å². The molecule has 4 heteroatoms. The van der Waals surface area contributed by atoms with E-state index in [2.05, 4.69) is 32.0 Å². The van der Waals surface area contributed by atoms with Crippen molar-refractivity contribution in [1.82, 2.24) is 9.97 Å². The number of rotatable bonds is 1. The lowest BCUT2D eigenvalue weighted by Crippen LogP contribution is -1.84. The van der Waals surface area contributed by atoms with Crippen LogP contribution < -0.4 is 0 Å². The molecule has 0 fully saturated rings. The predicted octanol–water partition coefficient (Wildman–Crippen LogP) is 4.31. The van der Waals surface area contributed by atoms with E-state index in [4.69, 9.17) is 0 Å². The van der Waals surface area contributed by atoms with Crippen LogP contribution in [0.2, 0.25) is 0 Å². The summed E-state index contributed by atoms with van der Waals surface area (Å²) < 4.78 is 1.04. The second-order valence-electron chi connectivity index (χ2n) is 4.70. The number of aromatic nitrogens is 2. The van der Waals surface area contributed by atoms with Crippen LogP contribution in [0.4, 0.5) is 0 Å². The van der Waals surface area contributed by atoms with E-state index in [0.717, 1.165) is 38.0 Å². The Kier molecular flexibility index (Phi) is 2.82. The van der Waals surface area contributed by atoms with Crippen molar-refractivity contribution in [3.8, 4) is 17.1 Å². The fourth-order valence-electron chi connectivity index (χ4n) is 2.29. The number of nitrogens with zero attached hydrogens (tertiary/aromatic N) is 1. The molecule has 0 amide bonds. The van der Waals surface area contributed by atoms with Gasteiger partial charge in [0.25, 0.3) is 0 Å². The van der Waals surface area contributed by atoms with Crippen LogP contribution in [0, 0.1) is 13.8 Å². The second kappa shape index (κ2) is 4.38. The Hall–Kier alpha value is -1.81. The summed E-state index contributed by atoms with van der Waals surface area (Å²) in [6.07, 6.45) is 0. The number of hydrogen-bond acceptors (Lipinski definition) is 2. The molecule has 2 N–H and O–H groups in total. The van der Waals surface area contributed by atoms with Crippen molar-refractivity contribution in [1.29, 1.82) is 0 Å². The second-order valence-corrected chi connectivity index (χ2v) is 5.62. The Bertz CT molecular complexity index is 777. The molecule has 0 spiro atoms. The molecule has 0 saturated heterocycles. The highest BCUT2D eigenvalue weighted by Gasteiger charge is 2.10. The fourth-order valence-corrected chi connectivity index (χ4v) is 2.86. The van der Waals surface area contributed by atoms with Crippen molar-refractivity contribution in [3.05, 3.63) is 45.9 Å². The zero-order chi connectivity index (χ0) is 13.6. The summed E-state index contributed by atoms with van der Waals surface area (Å²) in [4.78, 5) is 7.99. The number of H-pyrrole nitrogens is 1. The van der Waals surface area contributed by atoms with Crippen LogP contribution in [0.25, 0.3) is 22.4 Å². The molecule has 0 unspecified atom stereocenters. The summed E-state index contributed by atoms with van der Waals surface area (Å²) in [5, 5.41) is 9.47. The number of imidazole rings is 1. The van der Waals surface area contributed by atoms with E-state index in [0.29, 0.717) is 0 Å². The van der Waals surface area contributed by atoms with E-state index in [1.54, 1.807) is 12.1 Å². The number of aryl methyl sites for hydroxylation is 2. The molecular weight excluding hydrogens is 304 g/mol. The smallest absolute Gasteiger partial charge is 0.138 e. The molecule has 19 heavy (non-hydrogen) atoms. The van der Waals surface area contributed by atoms with Gasteiger partial charge in [0, 0.05) is 10.0 Å². The number of phenols is 1. The summed E-state index contributed by atoms with van der Waals surface area (Å²) in [7, 11) is 0. The van der Waals surface area contributed by atoms with Gasteiger partial charge in [0.1, 0.15) is 11.6 Å². The van der Waals surface area contributed by atoms with Gasteiger partial charge in [0.15, 0.2) is 0 Å². The minimum absolute atomic E-state index is 0.274. The molecule has 0 aliphatic carbocycles. The van der Waals surface area contributed by atoms with E-state index in [1.807, 2.05) is 26.0 Å². The SMILES string of the molecule is Cc1cc(O)ccc1-c1nc2c(C)cc(Br)cc2[nH]1. The molecule has 2 aromatic carbocycles. The quantitative estimate of drug-likeness (QED) is 0.702. The summed E-state index contributed by atoms with van der Waals surface area (Å²) in [6, 6.07) is 9.38. The fraction of sp³-hybridized carbons (Fsp3) is 0.133. The molecule has 3 aromatic rings. The molecule has 1 aromatic heterocycles. The zero-order valence-corrected chi connectivity index (χ0v) is 12.2. The maximum Gasteiger partial charge on any atom is 0.138 e. The predicted molar refractivity (Wildman–Crippen MR) is 80.4 cm³/mol. The maximum absolute atomic E-state index is 9.47. The third-order valence-electron chi connectivity index (χ3n) is 3.21. The Morgan fingerprint density at radius 3 is 2.63 bits per heavy atom. The van der Waals surface area contributed by atoms with E-state index in [-0.39, 0.29) is 5.75 Å². The number of aromatic amines is 1. The third kappa shape index (κ3) is 2.12. The molecular formula is C15H13BrN2O. The minimum Gasteiger partial charge on any atom is -0.508 e. The van der Waals surface area contributed by atoms with Gasteiger partial charge < -0.3 is 10.1 Å². The lowest BCUT2D eigenvalue weighted by Gasteiger charge is -2.02. The van der Waals surface area contributed by atoms with E-state index in [1.165, 1.54) is 0 Å². The molecule has 0 radical (unpaired) electrons. The summed E-state index contributed by atoms with van der Waals surface area (Å²) in [6.45, 7) is 4.01. The highest BCUT2D eigenvalue weighted by molar-refractivity contribution is 9.10. The number of nitrogens with one attached hydrogen (secondary N) is 1. The van der Waals surface area contributed by atoms with Gasteiger partial charge >= 0.3 is 0 Å². The van der Waals surface area contributed by atoms with Crippen LogP contribution in [-0.2, 0) is 0 Å². The van der Waals surface area contributed by atoms with Gasteiger partial charge in [-0.3, -0.25) is 0 Å². The Balaban J connectivity index is 2.23.